The van der Waals surface area contributed by atoms with E-state index in [4.69, 9.17) is 20.6 Å². The Bertz CT molecular complexity index is 675. The summed E-state index contributed by atoms with van der Waals surface area (Å²) in [5.74, 6) is 1.30. The summed E-state index contributed by atoms with van der Waals surface area (Å²) in [6, 6.07) is 11.2. The molecular weight excluding hydrogens is 400 g/mol. The summed E-state index contributed by atoms with van der Waals surface area (Å²) in [5.41, 5.74) is 7.03. The highest BCUT2D eigenvalue weighted by atomic mass is 79.9. The number of ether oxygens (including phenoxy) is 2. The molecule has 0 saturated carbocycles. The molecule has 0 spiro atoms. The van der Waals surface area contributed by atoms with Crippen molar-refractivity contribution < 1.29 is 9.47 Å². The van der Waals surface area contributed by atoms with Gasteiger partial charge in [0.2, 0.25) is 0 Å². The lowest BCUT2D eigenvalue weighted by Gasteiger charge is -2.11. The van der Waals surface area contributed by atoms with E-state index >= 15 is 0 Å². The summed E-state index contributed by atoms with van der Waals surface area (Å²) >= 11 is 6.85. The summed E-state index contributed by atoms with van der Waals surface area (Å²) in [4.78, 5) is 0. The average molecular weight is 414 g/mol. The molecule has 21 heavy (non-hydrogen) atoms. The second-order valence-electron chi connectivity index (χ2n) is 4.31. The normalized spacial score (nSPS) is 10.2. The Morgan fingerprint density at radius 1 is 1.14 bits per heavy atom. The van der Waals surface area contributed by atoms with Gasteiger partial charge in [-0.25, -0.2) is 0 Å². The number of amidine groups is 1. The van der Waals surface area contributed by atoms with Crippen LogP contribution in [0, 0.1) is 5.41 Å². The van der Waals surface area contributed by atoms with E-state index < -0.39 is 0 Å². The van der Waals surface area contributed by atoms with Crippen molar-refractivity contribution in [2.24, 2.45) is 5.73 Å². The minimum atomic E-state index is -0.0291. The Hall–Kier alpha value is -1.53. The fourth-order valence-corrected chi connectivity index (χ4v) is 2.97. The standard InChI is InChI=1S/C15H14Br2N2O2/c1-20-13-4-2-9(6-11(13)15(18)19)8-21-14-5-3-10(16)7-12(14)17/h2-7H,8H2,1H3,(H3,18,19). The Balaban J connectivity index is 2.16. The molecule has 3 N–H and O–H groups in total. The molecule has 2 aromatic carbocycles. The minimum absolute atomic E-state index is 0.0291. The van der Waals surface area contributed by atoms with Crippen LogP contribution in [0.15, 0.2) is 45.3 Å². The van der Waals surface area contributed by atoms with E-state index in [2.05, 4.69) is 31.9 Å². The van der Waals surface area contributed by atoms with Crippen molar-refractivity contribution in [3.8, 4) is 11.5 Å². The van der Waals surface area contributed by atoms with Gasteiger partial charge >= 0.3 is 0 Å². The Labute approximate surface area is 140 Å². The topological polar surface area (TPSA) is 68.3 Å². The van der Waals surface area contributed by atoms with Gasteiger partial charge in [-0.3, -0.25) is 5.41 Å². The third kappa shape index (κ3) is 3.98. The first-order valence-electron chi connectivity index (χ1n) is 6.10. The van der Waals surface area contributed by atoms with Crippen molar-refractivity contribution in [2.45, 2.75) is 6.61 Å². The fourth-order valence-electron chi connectivity index (χ4n) is 1.81. The van der Waals surface area contributed by atoms with Gasteiger partial charge in [0, 0.05) is 4.47 Å². The SMILES string of the molecule is COc1ccc(COc2ccc(Br)cc2Br)cc1C(=N)N. The molecule has 0 saturated heterocycles. The van der Waals surface area contributed by atoms with Crippen LogP contribution in [-0.2, 0) is 6.61 Å². The van der Waals surface area contributed by atoms with E-state index in [0.29, 0.717) is 17.9 Å². The van der Waals surface area contributed by atoms with Gasteiger partial charge in [0.1, 0.15) is 23.9 Å². The van der Waals surface area contributed by atoms with Crippen LogP contribution < -0.4 is 15.2 Å². The first kappa shape index (κ1) is 15.9. The predicted octanol–water partition coefficient (Wildman–Crippen LogP) is 4.08. The average Bonchev–Trinajstić information content (AvgIpc) is 2.46. The van der Waals surface area contributed by atoms with Crippen LogP contribution in [0.2, 0.25) is 0 Å². The van der Waals surface area contributed by atoms with E-state index in [1.165, 1.54) is 0 Å². The lowest BCUT2D eigenvalue weighted by atomic mass is 10.1. The van der Waals surface area contributed by atoms with Gasteiger partial charge in [-0.15, -0.1) is 0 Å². The minimum Gasteiger partial charge on any atom is -0.496 e. The largest absolute Gasteiger partial charge is 0.496 e. The number of nitrogens with one attached hydrogen (secondary N) is 1. The molecule has 0 unspecified atom stereocenters. The third-order valence-electron chi connectivity index (χ3n) is 2.84. The van der Waals surface area contributed by atoms with Crippen molar-refractivity contribution >= 4 is 37.7 Å². The molecule has 0 radical (unpaired) electrons. The zero-order valence-electron chi connectivity index (χ0n) is 11.3. The van der Waals surface area contributed by atoms with Crippen molar-refractivity contribution in [3.05, 3.63) is 56.5 Å². The first-order chi connectivity index (χ1) is 10.0. The highest BCUT2D eigenvalue weighted by Gasteiger charge is 2.08. The molecule has 2 aromatic rings. The maximum absolute atomic E-state index is 7.57. The van der Waals surface area contributed by atoms with Gasteiger partial charge < -0.3 is 15.2 Å². The summed E-state index contributed by atoms with van der Waals surface area (Å²) in [6.07, 6.45) is 0. The highest BCUT2D eigenvalue weighted by Crippen LogP contribution is 2.29. The van der Waals surface area contributed by atoms with Crippen LogP contribution in [0.4, 0.5) is 0 Å². The van der Waals surface area contributed by atoms with Crippen LogP contribution in [0.5, 0.6) is 11.5 Å². The summed E-state index contributed by atoms with van der Waals surface area (Å²) < 4.78 is 12.8. The molecule has 6 heteroatoms. The quantitative estimate of drug-likeness (QED) is 0.573. The van der Waals surface area contributed by atoms with Crippen molar-refractivity contribution in [2.75, 3.05) is 7.11 Å². The monoisotopic (exact) mass is 412 g/mol. The number of methoxy groups -OCH3 is 1. The van der Waals surface area contributed by atoms with E-state index in [1.807, 2.05) is 24.3 Å². The third-order valence-corrected chi connectivity index (χ3v) is 3.96. The molecule has 0 bridgehead atoms. The van der Waals surface area contributed by atoms with Crippen LogP contribution in [-0.4, -0.2) is 12.9 Å². The van der Waals surface area contributed by atoms with E-state index in [9.17, 15) is 0 Å². The Morgan fingerprint density at radius 2 is 1.86 bits per heavy atom. The molecule has 0 fully saturated rings. The highest BCUT2D eigenvalue weighted by molar-refractivity contribution is 9.11. The Kier molecular flexibility index (Phi) is 5.25. The maximum atomic E-state index is 7.57. The molecular formula is C15H14Br2N2O2. The van der Waals surface area contributed by atoms with Crippen LogP contribution >= 0.6 is 31.9 Å². The van der Waals surface area contributed by atoms with Gasteiger partial charge in [-0.1, -0.05) is 22.0 Å². The van der Waals surface area contributed by atoms with Gasteiger partial charge in [0.25, 0.3) is 0 Å². The van der Waals surface area contributed by atoms with Crippen LogP contribution in [0.25, 0.3) is 0 Å². The molecule has 0 amide bonds. The maximum Gasteiger partial charge on any atom is 0.134 e. The number of nitrogen functional groups attached to an aromatic ring is 1. The molecule has 0 heterocycles. The van der Waals surface area contributed by atoms with Gasteiger partial charge in [0.05, 0.1) is 17.1 Å². The molecule has 2 rings (SSSR count). The van der Waals surface area contributed by atoms with Crippen molar-refractivity contribution in [3.63, 3.8) is 0 Å². The number of halogens is 2. The summed E-state index contributed by atoms with van der Waals surface area (Å²) in [5, 5.41) is 7.57. The number of rotatable bonds is 5. The van der Waals surface area contributed by atoms with E-state index in [-0.39, 0.29) is 5.84 Å². The second kappa shape index (κ2) is 6.95. The molecule has 110 valence electrons. The first-order valence-corrected chi connectivity index (χ1v) is 7.69. The molecule has 0 aliphatic carbocycles. The van der Waals surface area contributed by atoms with E-state index in [0.717, 1.165) is 20.3 Å². The van der Waals surface area contributed by atoms with Crippen LogP contribution in [0.3, 0.4) is 0 Å². The Morgan fingerprint density at radius 3 is 2.48 bits per heavy atom. The lowest BCUT2D eigenvalue weighted by molar-refractivity contribution is 0.304. The van der Waals surface area contributed by atoms with Crippen LogP contribution in [0.1, 0.15) is 11.1 Å². The second-order valence-corrected chi connectivity index (χ2v) is 6.08. The molecule has 0 aliphatic rings. The number of benzene rings is 2. The predicted molar refractivity (Wildman–Crippen MR) is 90.2 cm³/mol. The summed E-state index contributed by atoms with van der Waals surface area (Å²) in [6.45, 7) is 0.379. The number of hydrogen-bond donors (Lipinski definition) is 2. The molecule has 4 nitrogen and oxygen atoms in total. The van der Waals surface area contributed by atoms with Gasteiger partial charge in [-0.05, 0) is 51.8 Å². The number of hydrogen-bond acceptors (Lipinski definition) is 3. The fraction of sp³-hybridized carbons (Fsp3) is 0.133. The molecule has 0 aromatic heterocycles. The summed E-state index contributed by atoms with van der Waals surface area (Å²) in [7, 11) is 1.55. The lowest BCUT2D eigenvalue weighted by Crippen LogP contribution is -2.13. The van der Waals surface area contributed by atoms with Crippen molar-refractivity contribution in [1.82, 2.24) is 0 Å². The van der Waals surface area contributed by atoms with Gasteiger partial charge in [0.15, 0.2) is 0 Å². The smallest absolute Gasteiger partial charge is 0.134 e. The number of nitrogens with two attached hydrogens (primary N) is 1. The van der Waals surface area contributed by atoms with E-state index in [1.54, 1.807) is 19.2 Å². The molecule has 0 aliphatic heterocycles. The molecule has 0 atom stereocenters. The van der Waals surface area contributed by atoms with Gasteiger partial charge in [-0.2, -0.15) is 0 Å². The van der Waals surface area contributed by atoms with Crippen molar-refractivity contribution in [1.29, 1.82) is 5.41 Å². The zero-order valence-corrected chi connectivity index (χ0v) is 14.5. The zero-order chi connectivity index (χ0) is 15.4.